The summed E-state index contributed by atoms with van der Waals surface area (Å²) in [6, 6.07) is 12.9. The summed E-state index contributed by atoms with van der Waals surface area (Å²) in [5.41, 5.74) is 2.07. The van der Waals surface area contributed by atoms with Crippen molar-refractivity contribution >= 4 is 21.1 Å². The molecule has 8 heteroatoms. The Morgan fingerprint density at radius 1 is 1.10 bits per heavy atom. The molecule has 2 heterocycles. The number of piperidine rings is 1. The van der Waals surface area contributed by atoms with Gasteiger partial charge in [-0.15, -0.1) is 0 Å². The second kappa shape index (κ2) is 8.88. The van der Waals surface area contributed by atoms with Crippen LogP contribution in [0.5, 0.6) is 11.5 Å². The van der Waals surface area contributed by atoms with E-state index in [0.29, 0.717) is 24.6 Å². The predicted octanol–water partition coefficient (Wildman–Crippen LogP) is 4.03. The van der Waals surface area contributed by atoms with Crippen LogP contribution in [0.4, 0.5) is 0 Å². The van der Waals surface area contributed by atoms with Gasteiger partial charge in [-0.25, -0.2) is 13.4 Å². The van der Waals surface area contributed by atoms with Crippen LogP contribution in [0.25, 0.3) is 11.0 Å². The summed E-state index contributed by atoms with van der Waals surface area (Å²) in [6.07, 6.45) is 2.71. The van der Waals surface area contributed by atoms with E-state index in [1.807, 2.05) is 18.2 Å². The largest absolute Gasteiger partial charge is 0.493 e. The van der Waals surface area contributed by atoms with E-state index >= 15 is 0 Å². The second-order valence-corrected chi connectivity index (χ2v) is 9.77. The van der Waals surface area contributed by atoms with Gasteiger partial charge in [-0.2, -0.15) is 4.31 Å². The lowest BCUT2D eigenvalue weighted by Crippen LogP contribution is -2.39. The van der Waals surface area contributed by atoms with Crippen LogP contribution in [0.2, 0.25) is 0 Å². The third-order valence-corrected chi connectivity index (χ3v) is 7.73. The van der Waals surface area contributed by atoms with Crippen molar-refractivity contribution in [3.8, 4) is 11.5 Å². The molecule has 4 rings (SSSR count). The lowest BCUT2D eigenvalue weighted by molar-refractivity contribution is 0.304. The Bertz CT molecular complexity index is 1170. The molecule has 2 aromatic carbocycles. The molecule has 166 valence electrons. The van der Waals surface area contributed by atoms with Gasteiger partial charge in [0.15, 0.2) is 11.5 Å². The maximum absolute atomic E-state index is 13.4. The number of ether oxygens (including phenoxy) is 2. The van der Waals surface area contributed by atoms with Gasteiger partial charge in [0, 0.05) is 31.6 Å². The van der Waals surface area contributed by atoms with Crippen molar-refractivity contribution in [1.82, 2.24) is 13.9 Å². The lowest BCUT2D eigenvalue weighted by Gasteiger charge is -2.32. The number of fused-ring (bicyclic) bond motifs is 1. The molecule has 0 radical (unpaired) electrons. The number of sulfonamides is 1. The van der Waals surface area contributed by atoms with Gasteiger partial charge >= 0.3 is 0 Å². The lowest BCUT2D eigenvalue weighted by atomic mass is 9.99. The van der Waals surface area contributed by atoms with Crippen molar-refractivity contribution in [1.29, 1.82) is 0 Å². The minimum absolute atomic E-state index is 0.0580. The van der Waals surface area contributed by atoms with Crippen LogP contribution in [0.3, 0.4) is 0 Å². The average molecular weight is 444 g/mol. The molecule has 1 aromatic heterocycles. The Morgan fingerprint density at radius 2 is 1.87 bits per heavy atom. The van der Waals surface area contributed by atoms with E-state index < -0.39 is 10.0 Å². The molecule has 1 unspecified atom stereocenters. The highest BCUT2D eigenvalue weighted by Gasteiger charge is 2.33. The first-order valence-corrected chi connectivity index (χ1v) is 12.1. The number of hydrogen-bond donors (Lipinski definition) is 0. The molecule has 7 nitrogen and oxygen atoms in total. The Balaban J connectivity index is 1.66. The molecule has 0 aliphatic carbocycles. The summed E-state index contributed by atoms with van der Waals surface area (Å²) >= 11 is 0. The zero-order valence-corrected chi connectivity index (χ0v) is 19.1. The number of imidazole rings is 1. The molecule has 0 amide bonds. The van der Waals surface area contributed by atoms with E-state index in [9.17, 15) is 8.42 Å². The highest BCUT2D eigenvalue weighted by atomic mass is 32.2. The molecular weight excluding hydrogens is 414 g/mol. The molecule has 31 heavy (non-hydrogen) atoms. The van der Waals surface area contributed by atoms with Crippen LogP contribution in [0.15, 0.2) is 47.4 Å². The zero-order valence-electron chi connectivity index (χ0n) is 18.2. The summed E-state index contributed by atoms with van der Waals surface area (Å²) in [5.74, 6) is 1.95. The number of para-hydroxylation sites is 2. The van der Waals surface area contributed by atoms with E-state index in [2.05, 4.69) is 17.6 Å². The van der Waals surface area contributed by atoms with Crippen LogP contribution in [0.1, 0.15) is 37.9 Å². The Kier molecular flexibility index (Phi) is 6.20. The number of nitrogens with zero attached hydrogens (tertiary/aromatic N) is 3. The maximum Gasteiger partial charge on any atom is 0.243 e. The second-order valence-electron chi connectivity index (χ2n) is 7.83. The minimum Gasteiger partial charge on any atom is -0.493 e. The van der Waals surface area contributed by atoms with Gasteiger partial charge in [-0.3, -0.25) is 0 Å². The van der Waals surface area contributed by atoms with Gasteiger partial charge in [0.05, 0.1) is 30.1 Å². The number of aromatic nitrogens is 2. The first kappa shape index (κ1) is 21.6. The highest BCUT2D eigenvalue weighted by molar-refractivity contribution is 7.89. The predicted molar refractivity (Wildman–Crippen MR) is 120 cm³/mol. The monoisotopic (exact) mass is 443 g/mol. The standard InChI is InChI=1S/C23H29N3O4S/c1-4-13-26-20-10-6-5-9-19(20)24-23(26)17-8-7-14-25(16-17)31(27,28)18-11-12-21(29-2)22(15-18)30-3/h5-6,9-12,15,17H,4,7-8,13-14,16H2,1-3H3. The Morgan fingerprint density at radius 3 is 2.61 bits per heavy atom. The first-order valence-electron chi connectivity index (χ1n) is 10.7. The molecule has 0 N–H and O–H groups in total. The molecule has 0 bridgehead atoms. The topological polar surface area (TPSA) is 73.7 Å². The van der Waals surface area contributed by atoms with Gasteiger partial charge < -0.3 is 14.0 Å². The normalized spacial score (nSPS) is 17.7. The van der Waals surface area contributed by atoms with Crippen molar-refractivity contribution in [2.24, 2.45) is 0 Å². The third kappa shape index (κ3) is 4.02. The summed E-state index contributed by atoms with van der Waals surface area (Å²) in [5, 5.41) is 0. The molecule has 1 aliphatic rings. The van der Waals surface area contributed by atoms with E-state index in [-0.39, 0.29) is 10.8 Å². The summed E-state index contributed by atoms with van der Waals surface area (Å²) in [6.45, 7) is 3.94. The first-order chi connectivity index (χ1) is 15.0. The van der Waals surface area contributed by atoms with Crippen LogP contribution >= 0.6 is 0 Å². The fourth-order valence-electron chi connectivity index (χ4n) is 4.36. The minimum atomic E-state index is -3.65. The number of methoxy groups -OCH3 is 2. The molecule has 1 fully saturated rings. The van der Waals surface area contributed by atoms with Crippen LogP contribution in [0, 0.1) is 0 Å². The van der Waals surface area contributed by atoms with Crippen LogP contribution < -0.4 is 9.47 Å². The van der Waals surface area contributed by atoms with Gasteiger partial charge in [0.2, 0.25) is 10.0 Å². The SMILES string of the molecule is CCCn1c(C2CCCN(S(=O)(=O)c3ccc(OC)c(OC)c3)C2)nc2ccccc21. The van der Waals surface area contributed by atoms with Crippen molar-refractivity contribution < 1.29 is 17.9 Å². The Labute approximate surface area is 183 Å². The quantitative estimate of drug-likeness (QED) is 0.551. The van der Waals surface area contributed by atoms with Crippen molar-refractivity contribution in [2.45, 2.75) is 43.5 Å². The molecule has 0 spiro atoms. The van der Waals surface area contributed by atoms with Crippen molar-refractivity contribution in [2.75, 3.05) is 27.3 Å². The number of rotatable bonds is 7. The molecular formula is C23H29N3O4S. The number of benzene rings is 2. The van der Waals surface area contributed by atoms with Crippen molar-refractivity contribution in [3.05, 3.63) is 48.3 Å². The average Bonchev–Trinajstić information content (AvgIpc) is 3.17. The molecule has 1 aliphatic heterocycles. The fraction of sp³-hybridized carbons (Fsp3) is 0.435. The smallest absolute Gasteiger partial charge is 0.243 e. The van der Waals surface area contributed by atoms with Gasteiger partial charge in [0.1, 0.15) is 5.82 Å². The fourth-order valence-corrected chi connectivity index (χ4v) is 5.90. The zero-order chi connectivity index (χ0) is 22.0. The summed E-state index contributed by atoms with van der Waals surface area (Å²) in [7, 11) is -0.620. The molecule has 1 saturated heterocycles. The molecule has 3 aromatic rings. The van der Waals surface area contributed by atoms with E-state index in [4.69, 9.17) is 14.5 Å². The maximum atomic E-state index is 13.4. The van der Waals surface area contributed by atoms with E-state index in [1.54, 1.807) is 16.4 Å². The van der Waals surface area contributed by atoms with E-state index in [1.165, 1.54) is 20.3 Å². The van der Waals surface area contributed by atoms with Gasteiger partial charge in [-0.05, 0) is 43.5 Å². The highest BCUT2D eigenvalue weighted by Crippen LogP contribution is 2.34. The molecule has 0 saturated carbocycles. The van der Waals surface area contributed by atoms with E-state index in [0.717, 1.165) is 42.7 Å². The third-order valence-electron chi connectivity index (χ3n) is 5.87. The number of hydrogen-bond acceptors (Lipinski definition) is 5. The summed E-state index contributed by atoms with van der Waals surface area (Å²) in [4.78, 5) is 5.11. The summed E-state index contributed by atoms with van der Waals surface area (Å²) < 4.78 is 41.2. The Hall–Kier alpha value is -2.58. The molecule has 1 atom stereocenters. The van der Waals surface area contributed by atoms with Crippen LogP contribution in [-0.4, -0.2) is 49.6 Å². The van der Waals surface area contributed by atoms with Crippen LogP contribution in [-0.2, 0) is 16.6 Å². The number of aryl methyl sites for hydroxylation is 1. The van der Waals surface area contributed by atoms with Gasteiger partial charge in [-0.1, -0.05) is 19.1 Å². The van der Waals surface area contributed by atoms with Gasteiger partial charge in [0.25, 0.3) is 0 Å². The van der Waals surface area contributed by atoms with Crippen molar-refractivity contribution in [3.63, 3.8) is 0 Å².